The minimum atomic E-state index is -0.608. The minimum Gasteiger partial charge on any atom is -0.490 e. The van der Waals surface area contributed by atoms with Gasteiger partial charge in [-0.3, -0.25) is 0 Å². The lowest BCUT2D eigenvalue weighted by atomic mass is 9.94. The number of nitrogens with one attached hydrogen (secondary N) is 2. The lowest BCUT2D eigenvalue weighted by molar-refractivity contribution is 0.0996. The molecule has 1 aromatic heterocycles. The van der Waals surface area contributed by atoms with Gasteiger partial charge in [0.15, 0.2) is 0 Å². The Kier molecular flexibility index (Phi) is 7.02. The molecule has 0 aliphatic heterocycles. The van der Waals surface area contributed by atoms with Gasteiger partial charge in [0.1, 0.15) is 30.0 Å². The topological polar surface area (TPSA) is 66.5 Å². The zero-order valence-corrected chi connectivity index (χ0v) is 19.5. The maximum atomic E-state index is 10.4. The van der Waals surface area contributed by atoms with Gasteiger partial charge in [0.25, 0.3) is 0 Å². The SMILES string of the molecule is Cc1ccc(Oc2ccc(CC(C)(C)NC[C@H](O)COc3cccc4[nH]ccc34)cc2)cc1. The van der Waals surface area contributed by atoms with E-state index in [-0.39, 0.29) is 12.1 Å². The van der Waals surface area contributed by atoms with Gasteiger partial charge in [0, 0.05) is 29.2 Å². The van der Waals surface area contributed by atoms with E-state index in [4.69, 9.17) is 9.47 Å². The molecule has 0 aliphatic carbocycles. The van der Waals surface area contributed by atoms with Crippen molar-refractivity contribution >= 4 is 10.9 Å². The first-order valence-electron chi connectivity index (χ1n) is 11.3. The highest BCUT2D eigenvalue weighted by atomic mass is 16.5. The predicted molar refractivity (Wildman–Crippen MR) is 133 cm³/mol. The van der Waals surface area contributed by atoms with Crippen LogP contribution < -0.4 is 14.8 Å². The van der Waals surface area contributed by atoms with Crippen molar-refractivity contribution in [1.82, 2.24) is 10.3 Å². The minimum absolute atomic E-state index is 0.180. The van der Waals surface area contributed by atoms with Crippen molar-refractivity contribution in [2.45, 2.75) is 38.8 Å². The van der Waals surface area contributed by atoms with Gasteiger partial charge in [0.2, 0.25) is 0 Å². The molecule has 0 amide bonds. The standard InChI is InChI=1S/C28H32N2O3/c1-20-7-11-23(12-8-20)33-24-13-9-21(10-14-24)17-28(2,3)30-18-22(31)19-32-27-6-4-5-26-25(27)15-16-29-26/h4-16,22,29-31H,17-19H2,1-3H3/t22-/m0/s1. The van der Waals surface area contributed by atoms with E-state index in [1.165, 1.54) is 11.1 Å². The molecule has 4 aromatic rings. The Hall–Kier alpha value is -3.28. The van der Waals surface area contributed by atoms with Gasteiger partial charge in [-0.05, 0) is 75.2 Å². The molecule has 3 aromatic carbocycles. The van der Waals surface area contributed by atoms with E-state index in [9.17, 15) is 5.11 Å². The summed E-state index contributed by atoms with van der Waals surface area (Å²) in [6.45, 7) is 7.02. The van der Waals surface area contributed by atoms with Crippen molar-refractivity contribution in [2.24, 2.45) is 0 Å². The first-order valence-corrected chi connectivity index (χ1v) is 11.3. The molecule has 33 heavy (non-hydrogen) atoms. The number of β-amino-alcohol motifs (C(OH)–C–C–N with tert-alkyl or cyclic N) is 1. The van der Waals surface area contributed by atoms with Crippen molar-refractivity contribution < 1.29 is 14.6 Å². The zero-order valence-electron chi connectivity index (χ0n) is 19.5. The number of aromatic amines is 1. The third-order valence-electron chi connectivity index (χ3n) is 5.63. The van der Waals surface area contributed by atoms with Gasteiger partial charge in [-0.1, -0.05) is 35.9 Å². The number of rotatable bonds is 10. The van der Waals surface area contributed by atoms with Crippen molar-refractivity contribution in [3.8, 4) is 17.2 Å². The van der Waals surface area contributed by atoms with Crippen LogP contribution in [0.1, 0.15) is 25.0 Å². The molecule has 0 saturated heterocycles. The van der Waals surface area contributed by atoms with Crippen LogP contribution in [0.3, 0.4) is 0 Å². The quantitative estimate of drug-likeness (QED) is 0.297. The van der Waals surface area contributed by atoms with Gasteiger partial charge in [-0.25, -0.2) is 0 Å². The average molecular weight is 445 g/mol. The molecular weight excluding hydrogens is 412 g/mol. The molecule has 5 heteroatoms. The van der Waals surface area contributed by atoms with E-state index < -0.39 is 6.10 Å². The highest BCUT2D eigenvalue weighted by molar-refractivity contribution is 5.85. The van der Waals surface area contributed by atoms with Gasteiger partial charge in [0.05, 0.1) is 0 Å². The number of ether oxygens (including phenoxy) is 2. The van der Waals surface area contributed by atoms with E-state index in [2.05, 4.69) is 43.2 Å². The second kappa shape index (κ2) is 10.1. The number of aliphatic hydroxyl groups excluding tert-OH is 1. The molecule has 0 aliphatic rings. The third-order valence-corrected chi connectivity index (χ3v) is 5.63. The van der Waals surface area contributed by atoms with E-state index in [0.717, 1.165) is 34.6 Å². The number of H-pyrrole nitrogens is 1. The predicted octanol–water partition coefficient (Wildman–Crippen LogP) is 5.62. The van der Waals surface area contributed by atoms with Gasteiger partial charge >= 0.3 is 0 Å². The Balaban J connectivity index is 1.25. The molecule has 0 saturated carbocycles. The second-order valence-electron chi connectivity index (χ2n) is 9.16. The molecule has 0 radical (unpaired) electrons. The first kappa shape index (κ1) is 22.9. The molecule has 172 valence electrons. The lowest BCUT2D eigenvalue weighted by Gasteiger charge is -2.28. The van der Waals surface area contributed by atoms with Crippen LogP contribution >= 0.6 is 0 Å². The normalized spacial score (nSPS) is 12.6. The van der Waals surface area contributed by atoms with Crippen LogP contribution in [0.25, 0.3) is 10.9 Å². The van der Waals surface area contributed by atoms with Crippen LogP contribution in [0.4, 0.5) is 0 Å². The summed E-state index contributed by atoms with van der Waals surface area (Å²) in [6.07, 6.45) is 2.11. The fourth-order valence-electron chi connectivity index (χ4n) is 3.81. The van der Waals surface area contributed by atoms with Crippen LogP contribution in [0, 0.1) is 6.92 Å². The fraction of sp³-hybridized carbons (Fsp3) is 0.286. The van der Waals surface area contributed by atoms with Crippen molar-refractivity contribution in [2.75, 3.05) is 13.2 Å². The number of fused-ring (bicyclic) bond motifs is 1. The summed E-state index contributed by atoms with van der Waals surface area (Å²) in [4.78, 5) is 3.17. The summed E-state index contributed by atoms with van der Waals surface area (Å²) >= 11 is 0. The third kappa shape index (κ3) is 6.37. The Labute approximate surface area is 195 Å². The molecular formula is C28H32N2O3. The number of aryl methyl sites for hydroxylation is 1. The fourth-order valence-corrected chi connectivity index (χ4v) is 3.81. The number of hydrogen-bond donors (Lipinski definition) is 3. The Morgan fingerprint density at radius 3 is 2.36 bits per heavy atom. The van der Waals surface area contributed by atoms with Gasteiger partial charge in [-0.15, -0.1) is 0 Å². The smallest absolute Gasteiger partial charge is 0.128 e. The van der Waals surface area contributed by atoms with Crippen LogP contribution in [0.2, 0.25) is 0 Å². The summed E-state index contributed by atoms with van der Waals surface area (Å²) in [7, 11) is 0. The van der Waals surface area contributed by atoms with Gasteiger partial charge in [-0.2, -0.15) is 0 Å². The summed E-state index contributed by atoms with van der Waals surface area (Å²) in [5, 5.41) is 14.9. The summed E-state index contributed by atoms with van der Waals surface area (Å²) < 4.78 is 11.8. The number of hydrogen-bond acceptors (Lipinski definition) is 4. The maximum Gasteiger partial charge on any atom is 0.128 e. The number of aromatic nitrogens is 1. The maximum absolute atomic E-state index is 10.4. The monoisotopic (exact) mass is 444 g/mol. The highest BCUT2D eigenvalue weighted by Gasteiger charge is 2.20. The Morgan fingerprint density at radius 1 is 0.939 bits per heavy atom. The van der Waals surface area contributed by atoms with Crippen molar-refractivity contribution in [1.29, 1.82) is 0 Å². The molecule has 4 rings (SSSR count). The van der Waals surface area contributed by atoms with Crippen LogP contribution in [0.5, 0.6) is 17.2 Å². The summed E-state index contributed by atoms with van der Waals surface area (Å²) in [5.41, 5.74) is 3.26. The molecule has 0 unspecified atom stereocenters. The lowest BCUT2D eigenvalue weighted by Crippen LogP contribution is -2.46. The second-order valence-corrected chi connectivity index (χ2v) is 9.16. The highest BCUT2D eigenvalue weighted by Crippen LogP contribution is 2.25. The van der Waals surface area contributed by atoms with Gasteiger partial charge < -0.3 is 24.9 Å². The zero-order chi connectivity index (χ0) is 23.3. The molecule has 0 bridgehead atoms. The molecule has 3 N–H and O–H groups in total. The van der Waals surface area contributed by atoms with E-state index >= 15 is 0 Å². The van der Waals surface area contributed by atoms with Crippen molar-refractivity contribution in [3.63, 3.8) is 0 Å². The summed E-state index contributed by atoms with van der Waals surface area (Å²) in [6, 6.07) is 24.0. The Morgan fingerprint density at radius 2 is 1.64 bits per heavy atom. The largest absolute Gasteiger partial charge is 0.490 e. The number of aliphatic hydroxyl groups is 1. The molecule has 0 spiro atoms. The first-order chi connectivity index (χ1) is 15.9. The van der Waals surface area contributed by atoms with Crippen LogP contribution in [-0.2, 0) is 6.42 Å². The molecule has 0 fully saturated rings. The molecule has 1 heterocycles. The number of benzene rings is 3. The van der Waals surface area contributed by atoms with Crippen molar-refractivity contribution in [3.05, 3.63) is 90.1 Å². The molecule has 1 atom stereocenters. The Bertz CT molecular complexity index is 1160. The van der Waals surface area contributed by atoms with Crippen LogP contribution in [-0.4, -0.2) is 34.9 Å². The van der Waals surface area contributed by atoms with Crippen LogP contribution in [0.15, 0.2) is 79.0 Å². The summed E-state index contributed by atoms with van der Waals surface area (Å²) in [5.74, 6) is 2.43. The van der Waals surface area contributed by atoms with E-state index in [1.807, 2.05) is 66.9 Å². The molecule has 5 nitrogen and oxygen atoms in total. The average Bonchev–Trinajstić information content (AvgIpc) is 3.29. The van der Waals surface area contributed by atoms with E-state index in [0.29, 0.717) is 6.54 Å². The van der Waals surface area contributed by atoms with E-state index in [1.54, 1.807) is 0 Å².